The molecule has 2 aromatic carbocycles. The Morgan fingerprint density at radius 3 is 2.57 bits per heavy atom. The Morgan fingerprint density at radius 1 is 1.07 bits per heavy atom. The average molecular weight is 394 g/mol. The molecule has 0 atom stereocenters. The van der Waals surface area contributed by atoms with Gasteiger partial charge in [-0.15, -0.1) is 11.3 Å². The number of benzene rings is 2. The van der Waals surface area contributed by atoms with Crippen molar-refractivity contribution in [2.24, 2.45) is 5.10 Å². The van der Waals surface area contributed by atoms with Gasteiger partial charge in [-0.3, -0.25) is 4.79 Å². The number of nitrogens with zero attached hydrogens (tertiary/aromatic N) is 1. The van der Waals surface area contributed by atoms with Crippen molar-refractivity contribution in [1.82, 2.24) is 5.43 Å². The molecule has 7 heteroatoms. The summed E-state index contributed by atoms with van der Waals surface area (Å²) in [5, 5.41) is 5.71. The van der Waals surface area contributed by atoms with Crippen molar-refractivity contribution < 1.29 is 19.1 Å². The molecule has 1 heterocycles. The SMILES string of the molecule is Cc1ccccc1OCC(=O)N/N=C/c1ccc(OC(=O)c2cccs2)cc1. The van der Waals surface area contributed by atoms with Crippen molar-refractivity contribution in [3.8, 4) is 11.5 Å². The van der Waals surface area contributed by atoms with E-state index in [9.17, 15) is 9.59 Å². The van der Waals surface area contributed by atoms with Crippen LogP contribution in [0.1, 0.15) is 20.8 Å². The van der Waals surface area contributed by atoms with Crippen LogP contribution < -0.4 is 14.9 Å². The van der Waals surface area contributed by atoms with Crippen LogP contribution >= 0.6 is 11.3 Å². The summed E-state index contributed by atoms with van der Waals surface area (Å²) in [4.78, 5) is 24.2. The summed E-state index contributed by atoms with van der Waals surface area (Å²) in [7, 11) is 0. The molecule has 0 aliphatic rings. The third-order valence-corrected chi connectivity index (χ3v) is 4.52. The normalized spacial score (nSPS) is 10.6. The summed E-state index contributed by atoms with van der Waals surface area (Å²) < 4.78 is 10.7. The molecule has 1 aromatic heterocycles. The molecule has 0 aliphatic heterocycles. The lowest BCUT2D eigenvalue weighted by Gasteiger charge is -2.07. The van der Waals surface area contributed by atoms with Crippen LogP contribution in [-0.2, 0) is 4.79 Å². The van der Waals surface area contributed by atoms with Crippen LogP contribution in [0.2, 0.25) is 0 Å². The molecule has 1 amide bonds. The lowest BCUT2D eigenvalue weighted by atomic mass is 10.2. The zero-order chi connectivity index (χ0) is 19.8. The third kappa shape index (κ3) is 5.52. The molecule has 0 bridgehead atoms. The third-order valence-electron chi connectivity index (χ3n) is 3.67. The maximum atomic E-state index is 11.9. The number of aryl methyl sites for hydroxylation is 1. The fourth-order valence-electron chi connectivity index (χ4n) is 2.25. The fourth-order valence-corrected chi connectivity index (χ4v) is 2.85. The molecule has 0 saturated carbocycles. The van der Waals surface area contributed by atoms with Gasteiger partial charge in [0, 0.05) is 0 Å². The predicted molar refractivity (Wildman–Crippen MR) is 108 cm³/mol. The summed E-state index contributed by atoms with van der Waals surface area (Å²) in [6.07, 6.45) is 1.50. The number of carbonyl (C=O) groups is 2. The first-order valence-electron chi connectivity index (χ1n) is 8.48. The number of hydrogen-bond donors (Lipinski definition) is 1. The number of hydrogen-bond acceptors (Lipinski definition) is 6. The Kier molecular flexibility index (Phi) is 6.54. The van der Waals surface area contributed by atoms with Gasteiger partial charge in [0.15, 0.2) is 6.61 Å². The highest BCUT2D eigenvalue weighted by Crippen LogP contribution is 2.17. The van der Waals surface area contributed by atoms with Gasteiger partial charge >= 0.3 is 5.97 Å². The van der Waals surface area contributed by atoms with Gasteiger partial charge in [-0.1, -0.05) is 24.3 Å². The van der Waals surface area contributed by atoms with Crippen LogP contribution in [0.15, 0.2) is 71.1 Å². The van der Waals surface area contributed by atoms with Crippen molar-refractivity contribution in [2.75, 3.05) is 6.61 Å². The summed E-state index contributed by atoms with van der Waals surface area (Å²) in [5.41, 5.74) is 4.11. The summed E-state index contributed by atoms with van der Waals surface area (Å²) >= 11 is 1.32. The number of amides is 1. The van der Waals surface area contributed by atoms with Crippen LogP contribution in [0.5, 0.6) is 11.5 Å². The smallest absolute Gasteiger partial charge is 0.353 e. The monoisotopic (exact) mass is 394 g/mol. The summed E-state index contributed by atoms with van der Waals surface area (Å²) in [6.45, 7) is 1.78. The molecule has 1 N–H and O–H groups in total. The van der Waals surface area contributed by atoms with E-state index in [1.165, 1.54) is 17.6 Å². The van der Waals surface area contributed by atoms with E-state index in [0.29, 0.717) is 16.4 Å². The molecule has 3 rings (SSSR count). The molecular weight excluding hydrogens is 376 g/mol. The number of ether oxygens (including phenoxy) is 2. The summed E-state index contributed by atoms with van der Waals surface area (Å²) in [6, 6.07) is 17.8. The number of rotatable bonds is 7. The predicted octanol–water partition coefficient (Wildman–Crippen LogP) is 3.80. The number of nitrogens with one attached hydrogen (secondary N) is 1. The van der Waals surface area contributed by atoms with Gasteiger partial charge in [-0.25, -0.2) is 10.2 Å². The minimum atomic E-state index is -0.391. The van der Waals surface area contributed by atoms with E-state index in [1.54, 1.807) is 42.5 Å². The van der Waals surface area contributed by atoms with Gasteiger partial charge < -0.3 is 9.47 Å². The minimum absolute atomic E-state index is 0.125. The van der Waals surface area contributed by atoms with Gasteiger partial charge in [-0.2, -0.15) is 5.10 Å². The zero-order valence-corrected chi connectivity index (χ0v) is 15.9. The van der Waals surface area contributed by atoms with Crippen LogP contribution in [0.3, 0.4) is 0 Å². The molecule has 0 radical (unpaired) electrons. The lowest BCUT2D eigenvalue weighted by Crippen LogP contribution is -2.24. The molecule has 0 saturated heterocycles. The van der Waals surface area contributed by atoms with Crippen LogP contribution in [-0.4, -0.2) is 24.7 Å². The first kappa shape index (κ1) is 19.3. The van der Waals surface area contributed by atoms with E-state index < -0.39 is 5.97 Å². The fraction of sp³-hybridized carbons (Fsp3) is 0.0952. The average Bonchev–Trinajstić information content (AvgIpc) is 3.24. The van der Waals surface area contributed by atoms with E-state index in [1.807, 2.05) is 30.5 Å². The van der Waals surface area contributed by atoms with Crippen molar-refractivity contribution in [1.29, 1.82) is 0 Å². The van der Waals surface area contributed by atoms with Crippen molar-refractivity contribution in [2.45, 2.75) is 6.92 Å². The molecular formula is C21H18N2O4S. The van der Waals surface area contributed by atoms with Crippen LogP contribution in [0.4, 0.5) is 0 Å². The highest BCUT2D eigenvalue weighted by atomic mass is 32.1. The maximum absolute atomic E-state index is 11.9. The molecule has 6 nitrogen and oxygen atoms in total. The molecule has 28 heavy (non-hydrogen) atoms. The van der Waals surface area contributed by atoms with Crippen LogP contribution in [0, 0.1) is 6.92 Å². The largest absolute Gasteiger partial charge is 0.483 e. The molecule has 0 unspecified atom stereocenters. The second kappa shape index (κ2) is 9.48. The minimum Gasteiger partial charge on any atom is -0.483 e. The Bertz CT molecular complexity index is 966. The number of carbonyl (C=O) groups excluding carboxylic acids is 2. The van der Waals surface area contributed by atoms with Crippen LogP contribution in [0.25, 0.3) is 0 Å². The van der Waals surface area contributed by atoms with Crippen molar-refractivity contribution in [3.63, 3.8) is 0 Å². The quantitative estimate of drug-likeness (QED) is 0.286. The standard InChI is InChI=1S/C21H18N2O4S/c1-15-5-2-3-6-18(15)26-14-20(24)23-22-13-16-8-10-17(11-9-16)27-21(25)19-7-4-12-28-19/h2-13H,14H2,1H3,(H,23,24)/b22-13+. The zero-order valence-electron chi connectivity index (χ0n) is 15.1. The topological polar surface area (TPSA) is 77.0 Å². The van der Waals surface area contributed by atoms with Crippen molar-refractivity contribution in [3.05, 3.63) is 82.0 Å². The Morgan fingerprint density at radius 2 is 1.86 bits per heavy atom. The second-order valence-electron chi connectivity index (χ2n) is 5.78. The van der Waals surface area contributed by atoms with E-state index in [0.717, 1.165) is 11.1 Å². The highest BCUT2D eigenvalue weighted by molar-refractivity contribution is 7.12. The van der Waals surface area contributed by atoms with Crippen molar-refractivity contribution >= 4 is 29.4 Å². The highest BCUT2D eigenvalue weighted by Gasteiger charge is 2.09. The Labute approximate surface area is 166 Å². The van der Waals surface area contributed by atoms with E-state index in [-0.39, 0.29) is 12.5 Å². The van der Waals surface area contributed by atoms with Gasteiger partial charge in [0.1, 0.15) is 16.4 Å². The first-order valence-corrected chi connectivity index (χ1v) is 9.36. The van der Waals surface area contributed by atoms with Gasteiger partial charge in [0.25, 0.3) is 5.91 Å². The number of hydrazone groups is 1. The summed E-state index contributed by atoms with van der Waals surface area (Å²) in [5.74, 6) is 0.346. The number of esters is 1. The Balaban J connectivity index is 1.46. The van der Waals surface area contributed by atoms with Gasteiger partial charge in [0.2, 0.25) is 0 Å². The molecule has 3 aromatic rings. The molecule has 0 aliphatic carbocycles. The maximum Gasteiger partial charge on any atom is 0.353 e. The number of thiophene rings is 1. The molecule has 0 spiro atoms. The number of para-hydroxylation sites is 1. The van der Waals surface area contributed by atoms with Gasteiger partial charge in [0.05, 0.1) is 6.21 Å². The van der Waals surface area contributed by atoms with E-state index >= 15 is 0 Å². The Hall–Kier alpha value is -3.45. The molecule has 0 fully saturated rings. The first-order chi connectivity index (χ1) is 13.6. The van der Waals surface area contributed by atoms with Gasteiger partial charge in [-0.05, 0) is 59.8 Å². The van der Waals surface area contributed by atoms with E-state index in [2.05, 4.69) is 10.5 Å². The molecule has 142 valence electrons. The lowest BCUT2D eigenvalue weighted by molar-refractivity contribution is -0.123. The van der Waals surface area contributed by atoms with E-state index in [4.69, 9.17) is 9.47 Å². The second-order valence-corrected chi connectivity index (χ2v) is 6.73.